The number of nitrogens with one attached hydrogen (secondary N) is 2. The van der Waals surface area contributed by atoms with Gasteiger partial charge in [0.15, 0.2) is 0 Å². The van der Waals surface area contributed by atoms with E-state index in [1.807, 2.05) is 0 Å². The van der Waals surface area contributed by atoms with Gasteiger partial charge < -0.3 is 5.32 Å². The molecule has 6 nitrogen and oxygen atoms in total. The lowest BCUT2D eigenvalue weighted by Gasteiger charge is -2.09. The van der Waals surface area contributed by atoms with Crippen LogP contribution in [0.2, 0.25) is 0 Å². The van der Waals surface area contributed by atoms with Crippen molar-refractivity contribution in [2.75, 3.05) is 10.0 Å². The van der Waals surface area contributed by atoms with Crippen LogP contribution in [0, 0.1) is 11.6 Å². The van der Waals surface area contributed by atoms with Crippen LogP contribution in [-0.4, -0.2) is 19.3 Å². The third-order valence-corrected chi connectivity index (χ3v) is 4.88. The van der Waals surface area contributed by atoms with Gasteiger partial charge in [-0.3, -0.25) is 14.5 Å². The number of aromatic nitrogens is 1. The zero-order chi connectivity index (χ0) is 19.4. The summed E-state index contributed by atoms with van der Waals surface area (Å²) in [6.07, 6.45) is 2.49. The topological polar surface area (TPSA) is 88.2 Å². The third kappa shape index (κ3) is 4.64. The van der Waals surface area contributed by atoms with Crippen LogP contribution < -0.4 is 10.0 Å². The lowest BCUT2D eigenvalue weighted by molar-refractivity contribution is 0.102. The predicted octanol–water partition coefficient (Wildman–Crippen LogP) is 3.41. The van der Waals surface area contributed by atoms with Crippen LogP contribution in [0.15, 0.2) is 71.9 Å². The van der Waals surface area contributed by atoms with E-state index in [1.165, 1.54) is 42.7 Å². The Hall–Kier alpha value is -3.33. The van der Waals surface area contributed by atoms with Crippen molar-refractivity contribution in [1.82, 2.24) is 4.98 Å². The Morgan fingerprint density at radius 2 is 1.44 bits per heavy atom. The van der Waals surface area contributed by atoms with Gasteiger partial charge in [0.1, 0.15) is 11.6 Å². The fraction of sp³-hybridized carbons (Fsp3) is 0. The summed E-state index contributed by atoms with van der Waals surface area (Å²) < 4.78 is 52.8. The SMILES string of the molecule is O=C(Nc1ccc(F)cc1)c1cncc(NS(=O)(=O)c2ccc(F)cc2)c1. The third-order valence-electron chi connectivity index (χ3n) is 3.48. The van der Waals surface area contributed by atoms with E-state index in [4.69, 9.17) is 0 Å². The first-order valence-electron chi connectivity index (χ1n) is 7.64. The van der Waals surface area contributed by atoms with Gasteiger partial charge in [0.2, 0.25) is 0 Å². The minimum atomic E-state index is -3.97. The predicted molar refractivity (Wildman–Crippen MR) is 95.8 cm³/mol. The number of rotatable bonds is 5. The molecule has 0 unspecified atom stereocenters. The minimum absolute atomic E-state index is 0.0612. The Balaban J connectivity index is 1.77. The highest BCUT2D eigenvalue weighted by molar-refractivity contribution is 7.92. The average molecular weight is 389 g/mol. The van der Waals surface area contributed by atoms with E-state index in [1.54, 1.807) is 0 Å². The maximum Gasteiger partial charge on any atom is 0.261 e. The number of amides is 1. The highest BCUT2D eigenvalue weighted by atomic mass is 32.2. The van der Waals surface area contributed by atoms with Crippen LogP contribution in [-0.2, 0) is 10.0 Å². The molecule has 27 heavy (non-hydrogen) atoms. The van der Waals surface area contributed by atoms with E-state index < -0.39 is 27.6 Å². The average Bonchev–Trinajstić information content (AvgIpc) is 2.64. The molecule has 0 spiro atoms. The summed E-state index contributed by atoms with van der Waals surface area (Å²) in [4.78, 5) is 16.0. The van der Waals surface area contributed by atoms with Crippen LogP contribution in [0.4, 0.5) is 20.2 Å². The minimum Gasteiger partial charge on any atom is -0.322 e. The van der Waals surface area contributed by atoms with E-state index in [2.05, 4.69) is 15.0 Å². The fourth-order valence-electron chi connectivity index (χ4n) is 2.18. The molecule has 9 heteroatoms. The molecule has 1 aromatic heterocycles. The molecular formula is C18H13F2N3O3S. The number of hydrogen-bond acceptors (Lipinski definition) is 4. The van der Waals surface area contributed by atoms with Crippen LogP contribution in [0.5, 0.6) is 0 Å². The maximum atomic E-state index is 13.0. The Bertz CT molecular complexity index is 1070. The molecule has 0 saturated heterocycles. The van der Waals surface area contributed by atoms with E-state index in [-0.39, 0.29) is 16.1 Å². The first-order valence-corrected chi connectivity index (χ1v) is 9.12. The number of halogens is 2. The molecule has 0 saturated carbocycles. The van der Waals surface area contributed by atoms with Crippen molar-refractivity contribution in [3.8, 4) is 0 Å². The van der Waals surface area contributed by atoms with Gasteiger partial charge in [0.05, 0.1) is 22.3 Å². The van der Waals surface area contributed by atoms with Crippen molar-refractivity contribution in [2.45, 2.75) is 4.90 Å². The van der Waals surface area contributed by atoms with Crippen molar-refractivity contribution in [2.24, 2.45) is 0 Å². The van der Waals surface area contributed by atoms with Gasteiger partial charge in [-0.25, -0.2) is 17.2 Å². The van der Waals surface area contributed by atoms with Crippen molar-refractivity contribution >= 4 is 27.3 Å². The Morgan fingerprint density at radius 1 is 0.852 bits per heavy atom. The summed E-state index contributed by atoms with van der Waals surface area (Å²) in [5, 5.41) is 2.55. The standard InChI is InChI=1S/C18H13F2N3O3S/c19-13-1-5-15(6-2-13)22-18(24)12-9-16(11-21-10-12)23-27(25,26)17-7-3-14(20)4-8-17/h1-11,23H,(H,22,24). The lowest BCUT2D eigenvalue weighted by Crippen LogP contribution is -2.15. The van der Waals surface area contributed by atoms with Gasteiger partial charge in [0.25, 0.3) is 15.9 Å². The first kappa shape index (κ1) is 18.5. The number of nitrogens with zero attached hydrogens (tertiary/aromatic N) is 1. The van der Waals surface area contributed by atoms with E-state index in [0.29, 0.717) is 5.69 Å². The molecule has 0 aliphatic carbocycles. The summed E-state index contributed by atoms with van der Waals surface area (Å²) >= 11 is 0. The van der Waals surface area contributed by atoms with Crippen molar-refractivity contribution in [3.05, 3.63) is 84.2 Å². The second-order valence-electron chi connectivity index (χ2n) is 5.48. The quantitative estimate of drug-likeness (QED) is 0.700. The lowest BCUT2D eigenvalue weighted by atomic mass is 10.2. The molecule has 3 rings (SSSR count). The highest BCUT2D eigenvalue weighted by Gasteiger charge is 2.16. The monoisotopic (exact) mass is 389 g/mol. The first-order chi connectivity index (χ1) is 12.8. The summed E-state index contributed by atoms with van der Waals surface area (Å²) in [6, 6.07) is 10.8. The Kier molecular flexibility index (Phi) is 5.13. The molecular weight excluding hydrogens is 376 g/mol. The molecule has 0 atom stereocenters. The highest BCUT2D eigenvalue weighted by Crippen LogP contribution is 2.18. The van der Waals surface area contributed by atoms with Gasteiger partial charge in [-0.1, -0.05) is 0 Å². The Morgan fingerprint density at radius 3 is 2.07 bits per heavy atom. The smallest absolute Gasteiger partial charge is 0.261 e. The second-order valence-corrected chi connectivity index (χ2v) is 7.17. The molecule has 2 N–H and O–H groups in total. The van der Waals surface area contributed by atoms with E-state index in [0.717, 1.165) is 24.3 Å². The van der Waals surface area contributed by atoms with E-state index >= 15 is 0 Å². The van der Waals surface area contributed by atoms with Gasteiger partial charge >= 0.3 is 0 Å². The van der Waals surface area contributed by atoms with Crippen LogP contribution in [0.3, 0.4) is 0 Å². The van der Waals surface area contributed by atoms with Gasteiger partial charge in [-0.05, 0) is 54.6 Å². The molecule has 0 aliphatic rings. The van der Waals surface area contributed by atoms with Crippen LogP contribution in [0.25, 0.3) is 0 Å². The van der Waals surface area contributed by atoms with Crippen molar-refractivity contribution < 1.29 is 22.0 Å². The molecule has 0 radical (unpaired) electrons. The number of anilines is 2. The number of hydrogen-bond donors (Lipinski definition) is 2. The second kappa shape index (κ2) is 7.50. The Labute approximate surface area is 153 Å². The summed E-state index contributed by atoms with van der Waals surface area (Å²) in [7, 11) is -3.97. The fourth-order valence-corrected chi connectivity index (χ4v) is 3.22. The summed E-state index contributed by atoms with van der Waals surface area (Å²) in [6.45, 7) is 0. The zero-order valence-corrected chi connectivity index (χ0v) is 14.5. The van der Waals surface area contributed by atoms with Gasteiger partial charge in [0, 0.05) is 11.9 Å². The molecule has 2 aromatic carbocycles. The van der Waals surface area contributed by atoms with Crippen molar-refractivity contribution in [3.63, 3.8) is 0 Å². The van der Waals surface area contributed by atoms with Gasteiger partial charge in [-0.15, -0.1) is 0 Å². The molecule has 138 valence electrons. The van der Waals surface area contributed by atoms with Gasteiger partial charge in [-0.2, -0.15) is 0 Å². The van der Waals surface area contributed by atoms with Crippen molar-refractivity contribution in [1.29, 1.82) is 0 Å². The molecule has 1 amide bonds. The number of pyridine rings is 1. The number of sulfonamides is 1. The number of carbonyl (C=O) groups excluding carboxylic acids is 1. The molecule has 0 bridgehead atoms. The van der Waals surface area contributed by atoms with Crippen LogP contribution >= 0.6 is 0 Å². The number of carbonyl (C=O) groups is 1. The number of benzene rings is 2. The molecule has 3 aromatic rings. The largest absolute Gasteiger partial charge is 0.322 e. The molecule has 0 fully saturated rings. The molecule has 0 aliphatic heterocycles. The van der Waals surface area contributed by atoms with Crippen LogP contribution in [0.1, 0.15) is 10.4 Å². The van der Waals surface area contributed by atoms with E-state index in [9.17, 15) is 22.0 Å². The summed E-state index contributed by atoms with van der Waals surface area (Å²) in [5.74, 6) is -1.54. The zero-order valence-electron chi connectivity index (χ0n) is 13.7. The maximum absolute atomic E-state index is 13.0. The molecule has 1 heterocycles. The summed E-state index contributed by atoms with van der Waals surface area (Å²) in [5.41, 5.74) is 0.531. The normalized spacial score (nSPS) is 11.0.